The lowest BCUT2D eigenvalue weighted by atomic mass is 9.76. The fourth-order valence-electron chi connectivity index (χ4n) is 9.04. The van der Waals surface area contributed by atoms with Gasteiger partial charge in [0.1, 0.15) is 0 Å². The Morgan fingerprint density at radius 2 is 1.52 bits per heavy atom. The topological polar surface area (TPSA) is 24.7 Å². The lowest BCUT2D eigenvalue weighted by Crippen LogP contribution is -2.30. The maximum absolute atomic E-state index is 5.60. The fourth-order valence-corrected chi connectivity index (χ4v) is 9.04. The second kappa shape index (κ2) is 20.5. The van der Waals surface area contributed by atoms with Crippen molar-refractivity contribution in [3.05, 3.63) is 232 Å². The Balaban J connectivity index is 1.38. The number of rotatable bonds is 13. The van der Waals surface area contributed by atoms with Crippen molar-refractivity contribution in [2.24, 2.45) is 15.4 Å². The lowest BCUT2D eigenvalue weighted by Gasteiger charge is -2.29. The van der Waals surface area contributed by atoms with E-state index in [0.29, 0.717) is 6.54 Å². The van der Waals surface area contributed by atoms with Gasteiger partial charge in [0.15, 0.2) is 0 Å². The van der Waals surface area contributed by atoms with Gasteiger partial charge < -0.3 is 0 Å². The molecule has 0 heterocycles. The van der Waals surface area contributed by atoms with Crippen molar-refractivity contribution in [3.8, 4) is 0 Å². The van der Waals surface area contributed by atoms with Crippen LogP contribution in [0.4, 0.5) is 0 Å². The molecule has 2 aliphatic rings. The van der Waals surface area contributed by atoms with Crippen molar-refractivity contribution in [2.75, 3.05) is 6.54 Å². The van der Waals surface area contributed by atoms with Gasteiger partial charge in [-0.1, -0.05) is 185 Å². The third-order valence-corrected chi connectivity index (χ3v) is 12.6. The first-order valence-electron chi connectivity index (χ1n) is 22.6. The number of aliphatic imine (C=N–C) groups is 2. The smallest absolute Gasteiger partial charge is 0.0719 e. The van der Waals surface area contributed by atoms with E-state index in [1.807, 2.05) is 0 Å². The number of fused-ring (bicyclic) bond motifs is 4. The van der Waals surface area contributed by atoms with Crippen LogP contribution >= 0.6 is 0 Å². The highest BCUT2D eigenvalue weighted by Crippen LogP contribution is 2.38. The number of allylic oxidation sites excluding steroid dienone is 15. The highest BCUT2D eigenvalue weighted by molar-refractivity contribution is 6.14. The van der Waals surface area contributed by atoms with Crippen molar-refractivity contribution < 1.29 is 0 Å². The molecule has 0 aromatic heterocycles. The summed E-state index contributed by atoms with van der Waals surface area (Å²) in [5.41, 5.74) is 13.4. The Hall–Kier alpha value is -6.64. The van der Waals surface area contributed by atoms with E-state index in [1.165, 1.54) is 71.2 Å². The summed E-state index contributed by atoms with van der Waals surface area (Å²) >= 11 is 0. The molecule has 7 rings (SSSR count). The van der Waals surface area contributed by atoms with E-state index in [4.69, 9.17) is 16.6 Å². The van der Waals surface area contributed by atoms with Crippen molar-refractivity contribution in [1.82, 2.24) is 0 Å². The molecule has 0 spiro atoms. The maximum Gasteiger partial charge on any atom is 0.0719 e. The summed E-state index contributed by atoms with van der Waals surface area (Å²) in [5, 5.41) is 7.18. The molecule has 1 atom stereocenters. The highest BCUT2D eigenvalue weighted by atomic mass is 14.8. The van der Waals surface area contributed by atoms with Crippen LogP contribution in [-0.2, 0) is 0 Å². The van der Waals surface area contributed by atoms with Crippen LogP contribution in [0, 0.1) is 12.3 Å². The molecule has 0 amide bonds. The predicted molar refractivity (Wildman–Crippen MR) is 277 cm³/mol. The van der Waals surface area contributed by atoms with Crippen molar-refractivity contribution in [2.45, 2.75) is 73.6 Å². The first kappa shape index (κ1) is 44.4. The molecule has 0 fully saturated rings. The second-order valence-corrected chi connectivity index (χ2v) is 17.2. The minimum Gasteiger partial charge on any atom is -0.284 e. The minimum atomic E-state index is -0.375. The molecule has 1 unspecified atom stereocenters. The van der Waals surface area contributed by atoms with Gasteiger partial charge >= 0.3 is 0 Å². The van der Waals surface area contributed by atoms with Gasteiger partial charge in [-0.05, 0) is 154 Å². The molecular weight excluding hydrogens is 761 g/mol. The van der Waals surface area contributed by atoms with E-state index in [0.717, 1.165) is 60.0 Å². The van der Waals surface area contributed by atoms with Gasteiger partial charge in [0, 0.05) is 16.7 Å². The first-order chi connectivity index (χ1) is 30.6. The molecule has 0 aliphatic heterocycles. The summed E-state index contributed by atoms with van der Waals surface area (Å²) in [6, 6.07) is 37.0. The molecule has 5 aromatic carbocycles. The Morgan fingerprint density at radius 3 is 2.25 bits per heavy atom. The molecule has 316 valence electrons. The average Bonchev–Trinajstić information content (AvgIpc) is 3.30. The normalized spacial score (nSPS) is 19.2. The van der Waals surface area contributed by atoms with Gasteiger partial charge in [-0.2, -0.15) is 0 Å². The second-order valence-electron chi connectivity index (χ2n) is 17.2. The van der Waals surface area contributed by atoms with Crippen molar-refractivity contribution >= 4 is 50.8 Å². The zero-order valence-corrected chi connectivity index (χ0v) is 38.2. The maximum atomic E-state index is 5.60. The Bertz CT molecular complexity index is 2980. The standard InChI is InChI=1S/C61H62N2/c1-9-11-24-43(3)48-35-37-61(7,38-36-48)59(41-58(62-8)57-40-49-27-16-18-29-51(49)53-31-19-20-33-55(53)57)63-42-47(23-10-2)39-46(6)60-45(5)26-13-12-14-30-52(50-28-17-15-25-44(50)4)54-32-21-22-34-56(54)60/h9,11,14-22,24-37,39-41H,6,8,10,12-13,23,38,42H2,1-5,7H3/b11-9-,30-14+,43-24+,45-26?,47-39+,54-52+,58-41-,60-56?,63-59?. The Labute approximate surface area is 376 Å². The van der Waals surface area contributed by atoms with Gasteiger partial charge in [-0.3, -0.25) is 9.98 Å². The van der Waals surface area contributed by atoms with Gasteiger partial charge in [0.25, 0.3) is 0 Å². The number of benzene rings is 5. The molecule has 0 bridgehead atoms. The molecule has 0 radical (unpaired) electrons. The minimum absolute atomic E-state index is 0.375. The predicted octanol–water partition coefficient (Wildman–Crippen LogP) is 14.8. The summed E-state index contributed by atoms with van der Waals surface area (Å²) in [6.07, 6.45) is 29.5. The quantitative estimate of drug-likeness (QED) is 0.0642. The Morgan fingerprint density at radius 1 is 0.810 bits per heavy atom. The van der Waals surface area contributed by atoms with Gasteiger partial charge in [0.2, 0.25) is 0 Å². The van der Waals surface area contributed by atoms with Crippen molar-refractivity contribution in [3.63, 3.8) is 0 Å². The van der Waals surface area contributed by atoms with Crippen LogP contribution < -0.4 is 10.4 Å². The van der Waals surface area contributed by atoms with Gasteiger partial charge in [-0.25, -0.2) is 0 Å². The number of hydrogen-bond donors (Lipinski definition) is 0. The summed E-state index contributed by atoms with van der Waals surface area (Å²) in [4.78, 5) is 10.4. The zero-order valence-electron chi connectivity index (χ0n) is 38.2. The Kier molecular flexibility index (Phi) is 14.4. The summed E-state index contributed by atoms with van der Waals surface area (Å²) in [6.45, 7) is 22.8. The first-order valence-corrected chi connectivity index (χ1v) is 22.6. The number of hydrogen-bond acceptors (Lipinski definition) is 2. The SMILES string of the molecule is C=N/C(=C\C(=NC/C(=C/C(=C)C1=c2cccc/c2=C(c2ccccc2C)/C=C/CCC=C1C)CCC)C1(C)C=CC(/C(C)=C/C=C\C)=CC1)c1cc2ccccc2c2ccccc12. The molecular formula is C61H62N2. The molecule has 2 nitrogen and oxygen atoms in total. The van der Waals surface area contributed by atoms with Gasteiger partial charge in [0.05, 0.1) is 12.2 Å². The monoisotopic (exact) mass is 822 g/mol. The average molecular weight is 823 g/mol. The van der Waals surface area contributed by atoms with Crippen molar-refractivity contribution in [1.29, 1.82) is 0 Å². The van der Waals surface area contributed by atoms with Crippen LogP contribution in [-0.4, -0.2) is 19.0 Å². The third kappa shape index (κ3) is 10.0. The van der Waals surface area contributed by atoms with Crippen LogP contribution in [0.5, 0.6) is 0 Å². The van der Waals surface area contributed by atoms with Crippen LogP contribution in [0.25, 0.3) is 38.4 Å². The van der Waals surface area contributed by atoms with E-state index in [2.05, 4.69) is 218 Å². The summed E-state index contributed by atoms with van der Waals surface area (Å²) < 4.78 is 0. The summed E-state index contributed by atoms with van der Waals surface area (Å²) in [5.74, 6) is 0. The molecule has 63 heavy (non-hydrogen) atoms. The van der Waals surface area contributed by atoms with E-state index in [9.17, 15) is 0 Å². The van der Waals surface area contributed by atoms with E-state index in [-0.39, 0.29) is 5.41 Å². The largest absolute Gasteiger partial charge is 0.284 e. The molecule has 0 saturated heterocycles. The third-order valence-electron chi connectivity index (χ3n) is 12.6. The molecule has 5 aromatic rings. The lowest BCUT2D eigenvalue weighted by molar-refractivity contribution is 0.598. The van der Waals surface area contributed by atoms with Crippen LogP contribution in [0.15, 0.2) is 214 Å². The van der Waals surface area contributed by atoms with E-state index < -0.39 is 0 Å². The number of aryl methyl sites for hydroxylation is 1. The highest BCUT2D eigenvalue weighted by Gasteiger charge is 2.29. The van der Waals surface area contributed by atoms with Crippen LogP contribution in [0.2, 0.25) is 0 Å². The molecule has 2 heteroatoms. The van der Waals surface area contributed by atoms with Crippen LogP contribution in [0.3, 0.4) is 0 Å². The fraction of sp³-hybridized carbons (Fsp3) is 0.213. The van der Waals surface area contributed by atoms with E-state index in [1.54, 1.807) is 0 Å². The van der Waals surface area contributed by atoms with E-state index >= 15 is 0 Å². The molecule has 0 saturated carbocycles. The molecule has 2 aliphatic carbocycles. The molecule has 0 N–H and O–H groups in total. The summed E-state index contributed by atoms with van der Waals surface area (Å²) in [7, 11) is 0. The number of nitrogens with zero attached hydrogens (tertiary/aromatic N) is 2. The van der Waals surface area contributed by atoms with Crippen LogP contribution in [0.1, 0.15) is 83.4 Å². The zero-order chi connectivity index (χ0) is 44.3. The van der Waals surface area contributed by atoms with Gasteiger partial charge in [-0.15, -0.1) is 0 Å².